The average molecular weight is 251 g/mol. The summed E-state index contributed by atoms with van der Waals surface area (Å²) in [6, 6.07) is 3.59. The molecule has 1 aliphatic heterocycles. The Morgan fingerprint density at radius 3 is 2.67 bits per heavy atom. The Balaban J connectivity index is 2.03. The van der Waals surface area contributed by atoms with Crippen LogP contribution in [0.3, 0.4) is 0 Å². The van der Waals surface area contributed by atoms with E-state index in [0.29, 0.717) is 11.3 Å². The molecular formula is C14H18FNO2. The van der Waals surface area contributed by atoms with E-state index in [1.807, 2.05) is 6.07 Å². The van der Waals surface area contributed by atoms with Crippen molar-refractivity contribution in [1.82, 2.24) is 0 Å². The van der Waals surface area contributed by atoms with Crippen LogP contribution in [0.5, 0.6) is 11.5 Å². The zero-order chi connectivity index (χ0) is 13.0. The van der Waals surface area contributed by atoms with Crippen LogP contribution in [0.25, 0.3) is 0 Å². The van der Waals surface area contributed by atoms with Crippen LogP contribution in [0.1, 0.15) is 37.8 Å². The van der Waals surface area contributed by atoms with Crippen LogP contribution < -0.4 is 15.2 Å². The van der Waals surface area contributed by atoms with Crippen LogP contribution in [0.4, 0.5) is 4.39 Å². The summed E-state index contributed by atoms with van der Waals surface area (Å²) in [4.78, 5) is 0. The van der Waals surface area contributed by atoms with Crippen molar-refractivity contribution < 1.29 is 13.9 Å². The molecule has 0 aromatic heterocycles. The number of halogens is 1. The summed E-state index contributed by atoms with van der Waals surface area (Å²) in [5.74, 6) is 1.37. The van der Waals surface area contributed by atoms with Crippen molar-refractivity contribution in [1.29, 1.82) is 0 Å². The van der Waals surface area contributed by atoms with Crippen LogP contribution in [-0.4, -0.2) is 12.3 Å². The number of hydrogen-bond donors (Lipinski definition) is 1. The van der Waals surface area contributed by atoms with Crippen LogP contribution in [0, 0.1) is 0 Å². The molecule has 3 nitrogen and oxygen atoms in total. The second kappa shape index (κ2) is 3.60. The molecule has 0 radical (unpaired) electrons. The molecule has 0 atom stereocenters. The Morgan fingerprint density at radius 1 is 1.33 bits per heavy atom. The zero-order valence-electron chi connectivity index (χ0n) is 10.8. The van der Waals surface area contributed by atoms with E-state index < -0.39 is 5.67 Å². The van der Waals surface area contributed by atoms with Gasteiger partial charge in [0.25, 0.3) is 0 Å². The fraction of sp³-hybridized carbons (Fsp3) is 0.571. The number of alkyl halides is 1. The largest absolute Gasteiger partial charge is 0.454 e. The predicted octanol–water partition coefficient (Wildman–Crippen LogP) is 2.65. The molecule has 18 heavy (non-hydrogen) atoms. The highest BCUT2D eigenvalue weighted by atomic mass is 19.1. The van der Waals surface area contributed by atoms with E-state index in [1.54, 1.807) is 19.9 Å². The van der Waals surface area contributed by atoms with Gasteiger partial charge >= 0.3 is 0 Å². The van der Waals surface area contributed by atoms with Crippen LogP contribution in [-0.2, 0) is 12.1 Å². The molecule has 0 amide bonds. The second-order valence-corrected chi connectivity index (χ2v) is 5.88. The standard InChI is InChI=1S/C14H18FNO2/c1-13(2,15)10-5-9(7-14(16)3-4-14)12-11(6-10)17-8-18-12/h5-6H,3-4,7-8,16H2,1-2H3. The second-order valence-electron chi connectivity index (χ2n) is 5.88. The maximum absolute atomic E-state index is 14.1. The Labute approximate surface area is 106 Å². The van der Waals surface area contributed by atoms with Crippen molar-refractivity contribution in [2.45, 2.75) is 44.3 Å². The van der Waals surface area contributed by atoms with Crippen molar-refractivity contribution in [3.05, 3.63) is 23.3 Å². The lowest BCUT2D eigenvalue weighted by Gasteiger charge is -2.18. The van der Waals surface area contributed by atoms with Crippen LogP contribution >= 0.6 is 0 Å². The Hall–Kier alpha value is -1.29. The molecule has 1 fully saturated rings. The van der Waals surface area contributed by atoms with Gasteiger partial charge in [0.15, 0.2) is 11.5 Å². The number of fused-ring (bicyclic) bond motifs is 1. The molecule has 2 aliphatic rings. The monoisotopic (exact) mass is 251 g/mol. The van der Waals surface area contributed by atoms with Gasteiger partial charge in [0, 0.05) is 11.1 Å². The summed E-state index contributed by atoms with van der Waals surface area (Å²) in [6.45, 7) is 3.30. The summed E-state index contributed by atoms with van der Waals surface area (Å²) in [5, 5.41) is 0. The molecule has 98 valence electrons. The smallest absolute Gasteiger partial charge is 0.231 e. The first-order chi connectivity index (χ1) is 8.37. The van der Waals surface area contributed by atoms with Crippen LogP contribution in [0.2, 0.25) is 0 Å². The lowest BCUT2D eigenvalue weighted by molar-refractivity contribution is 0.172. The topological polar surface area (TPSA) is 44.5 Å². The predicted molar refractivity (Wildman–Crippen MR) is 66.6 cm³/mol. The SMILES string of the molecule is CC(C)(F)c1cc(CC2(N)CC2)c2c(c1)OCO2. The maximum Gasteiger partial charge on any atom is 0.231 e. The first kappa shape index (κ1) is 11.8. The van der Waals surface area contributed by atoms with Gasteiger partial charge in [-0.05, 0) is 50.8 Å². The van der Waals surface area contributed by atoms with Crippen molar-refractivity contribution in [3.63, 3.8) is 0 Å². The molecule has 1 aromatic carbocycles. The highest BCUT2D eigenvalue weighted by molar-refractivity contribution is 5.52. The zero-order valence-corrected chi connectivity index (χ0v) is 10.8. The molecule has 2 N–H and O–H groups in total. The summed E-state index contributed by atoms with van der Waals surface area (Å²) in [5.41, 5.74) is 6.21. The summed E-state index contributed by atoms with van der Waals surface area (Å²) in [7, 11) is 0. The van der Waals surface area contributed by atoms with E-state index in [9.17, 15) is 4.39 Å². The van der Waals surface area contributed by atoms with Gasteiger partial charge in [-0.3, -0.25) is 0 Å². The third-order valence-electron chi connectivity index (χ3n) is 3.67. The van der Waals surface area contributed by atoms with Gasteiger partial charge in [0.2, 0.25) is 6.79 Å². The van der Waals surface area contributed by atoms with Gasteiger partial charge in [-0.1, -0.05) is 0 Å². The van der Waals surface area contributed by atoms with Gasteiger partial charge in [-0.2, -0.15) is 0 Å². The summed E-state index contributed by atoms with van der Waals surface area (Å²) in [6.07, 6.45) is 2.76. The summed E-state index contributed by atoms with van der Waals surface area (Å²) < 4.78 is 24.9. The van der Waals surface area contributed by atoms with E-state index in [1.165, 1.54) is 0 Å². The lowest BCUT2D eigenvalue weighted by Crippen LogP contribution is -2.25. The molecule has 0 bridgehead atoms. The quantitative estimate of drug-likeness (QED) is 0.898. The Morgan fingerprint density at radius 2 is 2.06 bits per heavy atom. The van der Waals surface area contributed by atoms with Gasteiger partial charge in [0.1, 0.15) is 5.67 Å². The van der Waals surface area contributed by atoms with Gasteiger partial charge in [-0.15, -0.1) is 0 Å². The number of nitrogens with two attached hydrogens (primary N) is 1. The minimum absolute atomic E-state index is 0.126. The van der Waals surface area contributed by atoms with E-state index in [0.717, 1.165) is 30.6 Å². The molecule has 1 heterocycles. The van der Waals surface area contributed by atoms with Crippen molar-refractivity contribution in [3.8, 4) is 11.5 Å². The maximum atomic E-state index is 14.1. The number of hydrogen-bond acceptors (Lipinski definition) is 3. The molecule has 0 saturated heterocycles. The molecule has 0 unspecified atom stereocenters. The third-order valence-corrected chi connectivity index (χ3v) is 3.67. The average Bonchev–Trinajstić information content (AvgIpc) is 2.80. The fourth-order valence-electron chi connectivity index (χ4n) is 2.27. The van der Waals surface area contributed by atoms with E-state index in [2.05, 4.69) is 0 Å². The summed E-state index contributed by atoms with van der Waals surface area (Å²) >= 11 is 0. The lowest BCUT2D eigenvalue weighted by atomic mass is 9.94. The van der Waals surface area contributed by atoms with Gasteiger partial charge in [0.05, 0.1) is 0 Å². The van der Waals surface area contributed by atoms with E-state index in [4.69, 9.17) is 15.2 Å². The number of rotatable bonds is 3. The van der Waals surface area contributed by atoms with E-state index >= 15 is 0 Å². The minimum Gasteiger partial charge on any atom is -0.454 e. The Kier molecular flexibility index (Phi) is 2.36. The van der Waals surface area contributed by atoms with Crippen LogP contribution in [0.15, 0.2) is 12.1 Å². The number of ether oxygens (including phenoxy) is 2. The fourth-order valence-corrected chi connectivity index (χ4v) is 2.27. The molecular weight excluding hydrogens is 233 g/mol. The molecule has 3 rings (SSSR count). The number of benzene rings is 1. The van der Waals surface area contributed by atoms with Crippen molar-refractivity contribution in [2.75, 3.05) is 6.79 Å². The molecule has 4 heteroatoms. The van der Waals surface area contributed by atoms with Crippen molar-refractivity contribution in [2.24, 2.45) is 5.73 Å². The van der Waals surface area contributed by atoms with Gasteiger partial charge < -0.3 is 15.2 Å². The molecule has 1 saturated carbocycles. The molecule has 0 spiro atoms. The van der Waals surface area contributed by atoms with Gasteiger partial charge in [-0.25, -0.2) is 4.39 Å². The first-order valence-corrected chi connectivity index (χ1v) is 6.28. The molecule has 1 aliphatic carbocycles. The molecule has 1 aromatic rings. The van der Waals surface area contributed by atoms with Crippen molar-refractivity contribution >= 4 is 0 Å². The minimum atomic E-state index is -1.39. The third kappa shape index (κ3) is 2.05. The normalized spacial score (nSPS) is 20.0. The van der Waals surface area contributed by atoms with E-state index in [-0.39, 0.29) is 12.3 Å². The highest BCUT2D eigenvalue weighted by Crippen LogP contribution is 2.44. The Bertz CT molecular complexity index is 489. The first-order valence-electron chi connectivity index (χ1n) is 6.28. The highest BCUT2D eigenvalue weighted by Gasteiger charge is 2.40.